The summed E-state index contributed by atoms with van der Waals surface area (Å²) >= 11 is 0. The highest BCUT2D eigenvalue weighted by atomic mass is 16.6. The van der Waals surface area contributed by atoms with Crippen molar-refractivity contribution in [3.05, 3.63) is 11.3 Å². The molecule has 0 aliphatic carbocycles. The molecule has 0 fully saturated rings. The first-order chi connectivity index (χ1) is 6.54. The van der Waals surface area contributed by atoms with Crippen molar-refractivity contribution in [1.29, 1.82) is 0 Å². The average Bonchev–Trinajstić information content (AvgIpc) is 2.17. The van der Waals surface area contributed by atoms with Crippen LogP contribution < -0.4 is 0 Å². The standard InChI is InChI=1S/C11H22O3/c1-6-7-14-10(11(12)13-5)9(4)8(2)3/h8,11-12H,6-7H2,1-5H3. The molecule has 0 radical (unpaired) electrons. The molecule has 0 aliphatic rings. The average molecular weight is 202 g/mol. The number of hydrogen-bond donors (Lipinski definition) is 1. The van der Waals surface area contributed by atoms with Crippen LogP contribution in [0.5, 0.6) is 0 Å². The molecule has 0 rings (SSSR count). The van der Waals surface area contributed by atoms with Gasteiger partial charge in [0.2, 0.25) is 6.29 Å². The van der Waals surface area contributed by atoms with Crippen molar-refractivity contribution in [3.63, 3.8) is 0 Å². The minimum Gasteiger partial charge on any atom is -0.493 e. The number of hydrogen-bond acceptors (Lipinski definition) is 3. The van der Waals surface area contributed by atoms with Gasteiger partial charge in [0.05, 0.1) is 6.61 Å². The van der Waals surface area contributed by atoms with Crippen molar-refractivity contribution in [3.8, 4) is 0 Å². The van der Waals surface area contributed by atoms with Crippen molar-refractivity contribution in [1.82, 2.24) is 0 Å². The number of rotatable bonds is 6. The summed E-state index contributed by atoms with van der Waals surface area (Å²) in [5.41, 5.74) is 1.04. The van der Waals surface area contributed by atoms with Crippen LogP contribution in [0.15, 0.2) is 11.3 Å². The summed E-state index contributed by atoms with van der Waals surface area (Å²) in [6.07, 6.45) is -0.0189. The Morgan fingerprint density at radius 3 is 2.29 bits per heavy atom. The van der Waals surface area contributed by atoms with E-state index >= 15 is 0 Å². The fourth-order valence-electron chi connectivity index (χ4n) is 0.983. The fraction of sp³-hybridized carbons (Fsp3) is 0.818. The summed E-state index contributed by atoms with van der Waals surface area (Å²) in [6.45, 7) is 8.72. The molecule has 0 spiro atoms. The quantitative estimate of drug-likeness (QED) is 0.530. The van der Waals surface area contributed by atoms with Gasteiger partial charge in [-0.05, 0) is 24.8 Å². The molecule has 0 aromatic rings. The lowest BCUT2D eigenvalue weighted by Gasteiger charge is -2.19. The van der Waals surface area contributed by atoms with Crippen molar-refractivity contribution in [2.24, 2.45) is 5.92 Å². The van der Waals surface area contributed by atoms with E-state index in [2.05, 4.69) is 13.8 Å². The van der Waals surface area contributed by atoms with Gasteiger partial charge in [-0.3, -0.25) is 0 Å². The van der Waals surface area contributed by atoms with E-state index in [1.54, 1.807) is 0 Å². The van der Waals surface area contributed by atoms with Gasteiger partial charge in [0.25, 0.3) is 0 Å². The van der Waals surface area contributed by atoms with Crippen LogP contribution in [0, 0.1) is 5.92 Å². The van der Waals surface area contributed by atoms with E-state index in [0.717, 1.165) is 12.0 Å². The highest BCUT2D eigenvalue weighted by Gasteiger charge is 2.16. The van der Waals surface area contributed by atoms with Crippen molar-refractivity contribution in [2.45, 2.75) is 40.4 Å². The maximum absolute atomic E-state index is 9.56. The first kappa shape index (κ1) is 13.5. The van der Waals surface area contributed by atoms with E-state index in [0.29, 0.717) is 18.3 Å². The highest BCUT2D eigenvalue weighted by Crippen LogP contribution is 2.18. The second-order valence-corrected chi connectivity index (χ2v) is 3.64. The molecule has 1 N–H and O–H groups in total. The minimum atomic E-state index is -0.941. The summed E-state index contributed by atoms with van der Waals surface area (Å²) in [6, 6.07) is 0. The van der Waals surface area contributed by atoms with Gasteiger partial charge in [-0.1, -0.05) is 20.8 Å². The monoisotopic (exact) mass is 202 g/mol. The molecule has 1 atom stereocenters. The second kappa shape index (κ2) is 6.85. The van der Waals surface area contributed by atoms with Crippen LogP contribution in [-0.4, -0.2) is 25.1 Å². The van der Waals surface area contributed by atoms with Gasteiger partial charge in [0.15, 0.2) is 5.76 Å². The summed E-state index contributed by atoms with van der Waals surface area (Å²) in [5, 5.41) is 9.56. The topological polar surface area (TPSA) is 38.7 Å². The lowest BCUT2D eigenvalue weighted by atomic mass is 10.0. The molecule has 0 saturated heterocycles. The van der Waals surface area contributed by atoms with Gasteiger partial charge in [-0.15, -0.1) is 0 Å². The Morgan fingerprint density at radius 2 is 1.93 bits per heavy atom. The fourth-order valence-corrected chi connectivity index (χ4v) is 0.983. The third-order valence-electron chi connectivity index (χ3n) is 2.16. The van der Waals surface area contributed by atoms with Gasteiger partial charge in [0.1, 0.15) is 0 Å². The predicted octanol–water partition coefficient (Wildman–Crippen LogP) is 2.31. The third kappa shape index (κ3) is 4.11. The molecule has 0 aromatic heterocycles. The Labute approximate surface area is 86.7 Å². The van der Waals surface area contributed by atoms with E-state index in [9.17, 15) is 5.11 Å². The van der Waals surface area contributed by atoms with Crippen LogP contribution in [0.4, 0.5) is 0 Å². The van der Waals surface area contributed by atoms with E-state index in [-0.39, 0.29) is 0 Å². The zero-order valence-corrected chi connectivity index (χ0v) is 9.83. The Morgan fingerprint density at radius 1 is 1.36 bits per heavy atom. The third-order valence-corrected chi connectivity index (χ3v) is 2.16. The second-order valence-electron chi connectivity index (χ2n) is 3.64. The summed E-state index contributed by atoms with van der Waals surface area (Å²) in [5.74, 6) is 0.913. The first-order valence-corrected chi connectivity index (χ1v) is 5.08. The van der Waals surface area contributed by atoms with Gasteiger partial charge >= 0.3 is 0 Å². The predicted molar refractivity (Wildman–Crippen MR) is 56.8 cm³/mol. The van der Waals surface area contributed by atoms with Crippen molar-refractivity contribution >= 4 is 0 Å². The molecule has 0 aromatic carbocycles. The van der Waals surface area contributed by atoms with Crippen molar-refractivity contribution < 1.29 is 14.6 Å². The normalized spacial score (nSPS) is 15.4. The first-order valence-electron chi connectivity index (χ1n) is 5.08. The van der Waals surface area contributed by atoms with E-state index in [4.69, 9.17) is 9.47 Å². The summed E-state index contributed by atoms with van der Waals surface area (Å²) in [7, 11) is 1.47. The van der Waals surface area contributed by atoms with E-state index in [1.165, 1.54) is 7.11 Å². The molecule has 3 heteroatoms. The van der Waals surface area contributed by atoms with Gasteiger partial charge < -0.3 is 14.6 Å². The lowest BCUT2D eigenvalue weighted by Crippen LogP contribution is -2.18. The summed E-state index contributed by atoms with van der Waals surface area (Å²) < 4.78 is 10.3. The number of aliphatic hydroxyl groups excluding tert-OH is 1. The largest absolute Gasteiger partial charge is 0.493 e. The molecule has 14 heavy (non-hydrogen) atoms. The lowest BCUT2D eigenvalue weighted by molar-refractivity contribution is -0.0818. The maximum atomic E-state index is 9.56. The molecular formula is C11H22O3. The van der Waals surface area contributed by atoms with Gasteiger partial charge in [0, 0.05) is 7.11 Å². The van der Waals surface area contributed by atoms with Crippen LogP contribution in [0.2, 0.25) is 0 Å². The molecule has 0 aliphatic heterocycles. The van der Waals surface area contributed by atoms with Gasteiger partial charge in [-0.25, -0.2) is 0 Å². The molecule has 0 amide bonds. The number of methoxy groups -OCH3 is 1. The zero-order chi connectivity index (χ0) is 11.1. The highest BCUT2D eigenvalue weighted by molar-refractivity contribution is 5.10. The number of ether oxygens (including phenoxy) is 2. The van der Waals surface area contributed by atoms with Crippen LogP contribution >= 0.6 is 0 Å². The summed E-state index contributed by atoms with van der Waals surface area (Å²) in [4.78, 5) is 0. The van der Waals surface area contributed by atoms with Crippen LogP contribution in [0.25, 0.3) is 0 Å². The number of aliphatic hydroxyl groups is 1. The maximum Gasteiger partial charge on any atom is 0.213 e. The van der Waals surface area contributed by atoms with E-state index in [1.807, 2.05) is 13.8 Å². The van der Waals surface area contributed by atoms with E-state index < -0.39 is 6.29 Å². The smallest absolute Gasteiger partial charge is 0.213 e. The minimum absolute atomic E-state index is 0.353. The number of allylic oxidation sites excluding steroid dienone is 1. The Bertz CT molecular complexity index is 185. The molecule has 3 nitrogen and oxygen atoms in total. The van der Waals surface area contributed by atoms with Crippen LogP contribution in [0.3, 0.4) is 0 Å². The van der Waals surface area contributed by atoms with Crippen molar-refractivity contribution in [2.75, 3.05) is 13.7 Å². The molecule has 0 saturated carbocycles. The SMILES string of the molecule is CCCOC(=C(C)C(C)C)C(O)OC. The Balaban J connectivity index is 4.60. The van der Waals surface area contributed by atoms with Crippen LogP contribution in [0.1, 0.15) is 34.1 Å². The molecule has 0 bridgehead atoms. The van der Waals surface area contributed by atoms with Gasteiger partial charge in [-0.2, -0.15) is 0 Å². The Hall–Kier alpha value is -0.540. The van der Waals surface area contributed by atoms with Crippen LogP contribution in [-0.2, 0) is 9.47 Å². The molecule has 84 valence electrons. The Kier molecular flexibility index (Phi) is 6.58. The molecular weight excluding hydrogens is 180 g/mol. The zero-order valence-electron chi connectivity index (χ0n) is 9.83. The molecule has 0 heterocycles. The molecule has 1 unspecified atom stereocenters.